The van der Waals surface area contributed by atoms with Crippen LogP contribution < -0.4 is 0 Å². The summed E-state index contributed by atoms with van der Waals surface area (Å²) < 4.78 is 0. The van der Waals surface area contributed by atoms with Crippen LogP contribution in [0.5, 0.6) is 0 Å². The van der Waals surface area contributed by atoms with E-state index in [1.54, 1.807) is 6.20 Å². The molecule has 0 saturated heterocycles. The number of fused-ring (bicyclic) bond motifs is 1. The molecule has 0 amide bonds. The molecule has 0 bridgehead atoms. The Kier molecular flexibility index (Phi) is 2.39. The molecule has 15 heavy (non-hydrogen) atoms. The van der Waals surface area contributed by atoms with Gasteiger partial charge in [0.2, 0.25) is 5.28 Å². The Morgan fingerprint density at radius 1 is 1.20 bits per heavy atom. The fraction of sp³-hybridized carbons (Fsp3) is 0.333. The van der Waals surface area contributed by atoms with E-state index in [9.17, 15) is 0 Å². The van der Waals surface area contributed by atoms with Crippen molar-refractivity contribution in [2.75, 3.05) is 0 Å². The van der Waals surface area contributed by atoms with E-state index < -0.39 is 0 Å². The predicted molar refractivity (Wildman–Crippen MR) is 63.2 cm³/mol. The lowest BCUT2D eigenvalue weighted by Gasteiger charge is -2.19. The number of halogens is 1. The van der Waals surface area contributed by atoms with Crippen molar-refractivity contribution in [3.8, 4) is 0 Å². The van der Waals surface area contributed by atoms with E-state index in [0.717, 1.165) is 10.9 Å². The fourth-order valence-corrected chi connectivity index (χ4v) is 1.62. The topological polar surface area (TPSA) is 25.8 Å². The van der Waals surface area contributed by atoms with Gasteiger partial charge >= 0.3 is 0 Å². The van der Waals surface area contributed by atoms with E-state index in [-0.39, 0.29) is 5.41 Å². The first-order valence-electron chi connectivity index (χ1n) is 4.89. The molecule has 1 aromatic carbocycles. The van der Waals surface area contributed by atoms with Crippen molar-refractivity contribution in [3.05, 3.63) is 35.2 Å². The van der Waals surface area contributed by atoms with E-state index in [0.29, 0.717) is 5.28 Å². The van der Waals surface area contributed by atoms with Crippen LogP contribution in [0.25, 0.3) is 10.9 Å². The average molecular weight is 221 g/mol. The molecule has 3 heteroatoms. The lowest BCUT2D eigenvalue weighted by molar-refractivity contribution is 0.591. The molecule has 0 unspecified atom stereocenters. The first kappa shape index (κ1) is 10.4. The molecule has 0 radical (unpaired) electrons. The Labute approximate surface area is 94.3 Å². The van der Waals surface area contributed by atoms with Gasteiger partial charge in [0, 0.05) is 11.6 Å². The van der Waals surface area contributed by atoms with Gasteiger partial charge in [0.15, 0.2) is 0 Å². The molecule has 2 rings (SSSR count). The molecule has 0 saturated carbocycles. The van der Waals surface area contributed by atoms with Crippen LogP contribution in [0.4, 0.5) is 0 Å². The summed E-state index contributed by atoms with van der Waals surface area (Å²) in [6.45, 7) is 6.56. The minimum Gasteiger partial charge on any atom is -0.226 e. The van der Waals surface area contributed by atoms with Crippen molar-refractivity contribution in [2.45, 2.75) is 26.2 Å². The van der Waals surface area contributed by atoms with Crippen molar-refractivity contribution in [3.63, 3.8) is 0 Å². The van der Waals surface area contributed by atoms with Crippen molar-refractivity contribution in [1.29, 1.82) is 0 Å². The van der Waals surface area contributed by atoms with Gasteiger partial charge in [0.05, 0.1) is 5.52 Å². The molecule has 2 nitrogen and oxygen atoms in total. The van der Waals surface area contributed by atoms with Crippen LogP contribution in [0, 0.1) is 0 Å². The maximum atomic E-state index is 5.73. The van der Waals surface area contributed by atoms with Crippen molar-refractivity contribution in [1.82, 2.24) is 9.97 Å². The zero-order valence-corrected chi connectivity index (χ0v) is 9.84. The van der Waals surface area contributed by atoms with Gasteiger partial charge in [-0.3, -0.25) is 0 Å². The highest BCUT2D eigenvalue weighted by atomic mass is 35.5. The molecule has 0 N–H and O–H groups in total. The third kappa shape index (κ3) is 2.10. The number of nitrogens with zero attached hydrogens (tertiary/aromatic N) is 2. The molecule has 0 spiro atoms. The molecule has 78 valence electrons. The zero-order chi connectivity index (χ0) is 11.1. The Morgan fingerprint density at radius 2 is 1.93 bits per heavy atom. The van der Waals surface area contributed by atoms with E-state index in [1.165, 1.54) is 5.56 Å². The maximum absolute atomic E-state index is 5.73. The molecule has 2 aromatic rings. The van der Waals surface area contributed by atoms with Gasteiger partial charge in [-0.2, -0.15) is 0 Å². The summed E-state index contributed by atoms with van der Waals surface area (Å²) in [6.07, 6.45) is 1.76. The fourth-order valence-electron chi connectivity index (χ4n) is 1.48. The van der Waals surface area contributed by atoms with Gasteiger partial charge in [-0.15, -0.1) is 0 Å². The van der Waals surface area contributed by atoms with Gasteiger partial charge in [-0.05, 0) is 34.7 Å². The van der Waals surface area contributed by atoms with Crippen molar-refractivity contribution in [2.24, 2.45) is 0 Å². The first-order valence-corrected chi connectivity index (χ1v) is 5.27. The molecular weight excluding hydrogens is 208 g/mol. The van der Waals surface area contributed by atoms with Gasteiger partial charge in [-0.1, -0.05) is 26.8 Å². The van der Waals surface area contributed by atoms with E-state index in [2.05, 4.69) is 42.9 Å². The summed E-state index contributed by atoms with van der Waals surface area (Å²) in [5.74, 6) is 0. The number of aromatic nitrogens is 2. The summed E-state index contributed by atoms with van der Waals surface area (Å²) in [6, 6.07) is 6.20. The Bertz CT molecular complexity index is 500. The Morgan fingerprint density at radius 3 is 2.60 bits per heavy atom. The molecule has 0 aliphatic rings. The molecule has 0 aliphatic heterocycles. The highest BCUT2D eigenvalue weighted by molar-refractivity contribution is 6.28. The largest absolute Gasteiger partial charge is 0.226 e. The third-order valence-electron chi connectivity index (χ3n) is 2.42. The number of hydrogen-bond donors (Lipinski definition) is 0. The number of rotatable bonds is 0. The highest BCUT2D eigenvalue weighted by Gasteiger charge is 2.13. The van der Waals surface area contributed by atoms with Crippen LogP contribution in [-0.4, -0.2) is 9.97 Å². The van der Waals surface area contributed by atoms with Gasteiger partial charge in [0.25, 0.3) is 0 Å². The second kappa shape index (κ2) is 3.46. The Hall–Kier alpha value is -1.15. The first-order chi connectivity index (χ1) is 6.97. The van der Waals surface area contributed by atoms with Gasteiger partial charge < -0.3 is 0 Å². The van der Waals surface area contributed by atoms with E-state index in [1.807, 2.05) is 6.07 Å². The molecule has 1 heterocycles. The van der Waals surface area contributed by atoms with E-state index >= 15 is 0 Å². The van der Waals surface area contributed by atoms with E-state index in [4.69, 9.17) is 11.6 Å². The van der Waals surface area contributed by atoms with Crippen LogP contribution >= 0.6 is 11.6 Å². The summed E-state index contributed by atoms with van der Waals surface area (Å²) in [5.41, 5.74) is 2.32. The highest BCUT2D eigenvalue weighted by Crippen LogP contribution is 2.25. The van der Waals surface area contributed by atoms with Crippen molar-refractivity contribution < 1.29 is 0 Å². The lowest BCUT2D eigenvalue weighted by Crippen LogP contribution is -2.10. The van der Waals surface area contributed by atoms with Crippen LogP contribution in [0.2, 0.25) is 5.28 Å². The van der Waals surface area contributed by atoms with Gasteiger partial charge in [-0.25, -0.2) is 9.97 Å². The normalized spacial score (nSPS) is 12.0. The summed E-state index contributed by atoms with van der Waals surface area (Å²) in [7, 11) is 0. The summed E-state index contributed by atoms with van der Waals surface area (Å²) >= 11 is 5.73. The summed E-state index contributed by atoms with van der Waals surface area (Å²) in [4.78, 5) is 8.14. The van der Waals surface area contributed by atoms with Crippen LogP contribution in [-0.2, 0) is 5.41 Å². The Balaban J connectivity index is 2.62. The smallest absolute Gasteiger partial charge is 0.222 e. The molecule has 0 fully saturated rings. The maximum Gasteiger partial charge on any atom is 0.222 e. The monoisotopic (exact) mass is 220 g/mol. The second-order valence-electron chi connectivity index (χ2n) is 4.66. The van der Waals surface area contributed by atoms with Gasteiger partial charge in [0.1, 0.15) is 0 Å². The second-order valence-corrected chi connectivity index (χ2v) is 5.00. The quantitative estimate of drug-likeness (QED) is 0.635. The number of hydrogen-bond acceptors (Lipinski definition) is 2. The standard InChI is InChI=1S/C12H13ClN2/c1-12(2,3)9-4-5-10-8(6-9)7-14-11(13)15-10/h4-7H,1-3H3. The molecule has 0 aliphatic carbocycles. The minimum atomic E-state index is 0.147. The summed E-state index contributed by atoms with van der Waals surface area (Å²) in [5, 5.41) is 1.33. The SMILES string of the molecule is CC(C)(C)c1ccc2nc(Cl)ncc2c1. The molecule has 1 aromatic heterocycles. The predicted octanol–water partition coefficient (Wildman–Crippen LogP) is 3.58. The third-order valence-corrected chi connectivity index (χ3v) is 2.60. The van der Waals surface area contributed by atoms with Crippen LogP contribution in [0.1, 0.15) is 26.3 Å². The number of benzene rings is 1. The van der Waals surface area contributed by atoms with Crippen molar-refractivity contribution >= 4 is 22.5 Å². The average Bonchev–Trinajstić information content (AvgIpc) is 2.15. The van der Waals surface area contributed by atoms with Crippen LogP contribution in [0.15, 0.2) is 24.4 Å². The molecule has 0 atom stereocenters. The van der Waals surface area contributed by atoms with Crippen LogP contribution in [0.3, 0.4) is 0 Å². The lowest BCUT2D eigenvalue weighted by atomic mass is 9.86. The molecular formula is C12H13ClN2. The minimum absolute atomic E-state index is 0.147. The zero-order valence-electron chi connectivity index (χ0n) is 9.08.